The molecule has 88 valence electrons. The Hall–Kier alpha value is -0.920. The Morgan fingerprint density at radius 3 is 2.75 bits per heavy atom. The molecule has 0 aromatic carbocycles. The van der Waals surface area contributed by atoms with E-state index in [1.165, 1.54) is 12.3 Å². The number of aromatic nitrogens is 1. The maximum Gasteiger partial charge on any atom is 0.413 e. The third-order valence-corrected chi connectivity index (χ3v) is 2.29. The van der Waals surface area contributed by atoms with Crippen LogP contribution in [0.5, 0.6) is 0 Å². The average molecular weight is 338 g/mol. The van der Waals surface area contributed by atoms with E-state index >= 15 is 0 Å². The van der Waals surface area contributed by atoms with Gasteiger partial charge in [-0.25, -0.2) is 14.2 Å². The molecule has 1 heterocycles. The smallest absolute Gasteiger partial charge is 0.413 e. The summed E-state index contributed by atoms with van der Waals surface area (Å²) in [6.45, 7) is 5.18. The van der Waals surface area contributed by atoms with E-state index in [4.69, 9.17) is 4.74 Å². The molecule has 0 bridgehead atoms. The van der Waals surface area contributed by atoms with Crippen LogP contribution in [0.25, 0.3) is 0 Å². The number of amides is 1. The summed E-state index contributed by atoms with van der Waals surface area (Å²) in [7, 11) is 0. The second-order valence-electron chi connectivity index (χ2n) is 4.08. The molecular formula is C10H12FIN2O2. The third kappa shape index (κ3) is 3.92. The highest BCUT2D eigenvalue weighted by Crippen LogP contribution is 2.17. The number of carbonyl (C=O) groups is 1. The molecule has 0 aliphatic rings. The number of carbonyl (C=O) groups excluding carboxylic acids is 1. The standard InChI is InChI=1S/C10H12FIN2O2/c1-10(2,3)16-9(15)14-8-7(11)6(12)4-5-13-8/h4-5H,1-3H3,(H,13,14,15). The number of ether oxygens (including phenoxy) is 1. The Labute approximate surface area is 107 Å². The first-order valence-corrected chi connectivity index (χ1v) is 5.67. The van der Waals surface area contributed by atoms with Gasteiger partial charge in [-0.3, -0.25) is 5.32 Å². The van der Waals surface area contributed by atoms with Gasteiger partial charge in [0.2, 0.25) is 0 Å². The van der Waals surface area contributed by atoms with Gasteiger partial charge in [0.05, 0.1) is 3.57 Å². The second kappa shape index (κ2) is 4.94. The molecule has 0 saturated carbocycles. The van der Waals surface area contributed by atoms with Crippen molar-refractivity contribution < 1.29 is 13.9 Å². The molecule has 1 aromatic rings. The summed E-state index contributed by atoms with van der Waals surface area (Å²) in [4.78, 5) is 15.1. The predicted molar refractivity (Wildman–Crippen MR) is 66.8 cm³/mol. The van der Waals surface area contributed by atoms with Crippen molar-refractivity contribution >= 4 is 34.5 Å². The van der Waals surface area contributed by atoms with Crippen molar-refractivity contribution in [3.05, 3.63) is 21.7 Å². The van der Waals surface area contributed by atoms with E-state index in [-0.39, 0.29) is 5.82 Å². The molecule has 6 heteroatoms. The molecule has 1 amide bonds. The van der Waals surface area contributed by atoms with Crippen molar-refractivity contribution in [2.24, 2.45) is 0 Å². The zero-order chi connectivity index (χ0) is 12.3. The van der Waals surface area contributed by atoms with Crippen molar-refractivity contribution in [2.75, 3.05) is 5.32 Å². The van der Waals surface area contributed by atoms with Crippen molar-refractivity contribution in [3.63, 3.8) is 0 Å². The summed E-state index contributed by atoms with van der Waals surface area (Å²) >= 11 is 1.82. The van der Waals surface area contributed by atoms with Crippen molar-refractivity contribution in [2.45, 2.75) is 26.4 Å². The van der Waals surface area contributed by atoms with Crippen LogP contribution in [0, 0.1) is 9.39 Å². The van der Waals surface area contributed by atoms with E-state index in [9.17, 15) is 9.18 Å². The molecule has 1 aromatic heterocycles. The topological polar surface area (TPSA) is 51.2 Å². The number of rotatable bonds is 1. The first kappa shape index (κ1) is 13.1. The molecule has 4 nitrogen and oxygen atoms in total. The lowest BCUT2D eigenvalue weighted by molar-refractivity contribution is 0.0634. The third-order valence-electron chi connectivity index (χ3n) is 1.46. The summed E-state index contributed by atoms with van der Waals surface area (Å²) < 4.78 is 18.8. The maximum atomic E-state index is 13.5. The zero-order valence-electron chi connectivity index (χ0n) is 9.17. The van der Waals surface area contributed by atoms with Crippen molar-refractivity contribution in [1.29, 1.82) is 0 Å². The van der Waals surface area contributed by atoms with Gasteiger partial charge < -0.3 is 4.74 Å². The Morgan fingerprint density at radius 1 is 1.56 bits per heavy atom. The van der Waals surface area contributed by atoms with Gasteiger partial charge in [-0.05, 0) is 49.4 Å². The van der Waals surface area contributed by atoms with Gasteiger partial charge >= 0.3 is 6.09 Å². The number of hydrogen-bond acceptors (Lipinski definition) is 3. The van der Waals surface area contributed by atoms with Crippen molar-refractivity contribution in [3.8, 4) is 0 Å². The quantitative estimate of drug-likeness (QED) is 0.801. The van der Waals surface area contributed by atoms with Gasteiger partial charge in [0.15, 0.2) is 11.6 Å². The van der Waals surface area contributed by atoms with E-state index in [1.54, 1.807) is 20.8 Å². The highest BCUT2D eigenvalue weighted by molar-refractivity contribution is 14.1. The summed E-state index contributed by atoms with van der Waals surface area (Å²) in [6, 6.07) is 1.51. The number of nitrogens with one attached hydrogen (secondary N) is 1. The van der Waals surface area contributed by atoms with Gasteiger partial charge in [-0.2, -0.15) is 0 Å². The lowest BCUT2D eigenvalue weighted by Gasteiger charge is -2.19. The lowest BCUT2D eigenvalue weighted by Crippen LogP contribution is -2.27. The predicted octanol–water partition coefficient (Wildman–Crippen LogP) is 3.17. The number of anilines is 1. The van der Waals surface area contributed by atoms with Crippen LogP contribution in [-0.4, -0.2) is 16.7 Å². The average Bonchev–Trinajstić information content (AvgIpc) is 2.09. The van der Waals surface area contributed by atoms with Crippen LogP contribution < -0.4 is 5.32 Å². The van der Waals surface area contributed by atoms with E-state index in [2.05, 4.69) is 10.3 Å². The minimum atomic E-state index is -0.721. The number of pyridine rings is 1. The van der Waals surface area contributed by atoms with E-state index in [1.807, 2.05) is 22.6 Å². The molecule has 1 rings (SSSR count). The SMILES string of the molecule is CC(C)(C)OC(=O)Nc1nccc(I)c1F. The monoisotopic (exact) mass is 338 g/mol. The summed E-state index contributed by atoms with van der Waals surface area (Å²) in [5.41, 5.74) is -0.623. The van der Waals surface area contributed by atoms with Crippen molar-refractivity contribution in [1.82, 2.24) is 4.98 Å². The van der Waals surface area contributed by atoms with Crippen LogP contribution in [0.1, 0.15) is 20.8 Å². The molecule has 0 aliphatic carbocycles. The number of nitrogens with zero attached hydrogens (tertiary/aromatic N) is 1. The molecule has 16 heavy (non-hydrogen) atoms. The Morgan fingerprint density at radius 2 is 2.19 bits per heavy atom. The van der Waals surface area contributed by atoms with Crippen LogP contribution in [0.3, 0.4) is 0 Å². The van der Waals surface area contributed by atoms with Crippen LogP contribution in [-0.2, 0) is 4.74 Å². The van der Waals surface area contributed by atoms with Crippen LogP contribution >= 0.6 is 22.6 Å². The van der Waals surface area contributed by atoms with Gasteiger partial charge in [0, 0.05) is 6.20 Å². The molecule has 0 spiro atoms. The van der Waals surface area contributed by atoms with Crippen LogP contribution in [0.2, 0.25) is 0 Å². The molecule has 0 unspecified atom stereocenters. The molecule has 1 N–H and O–H groups in total. The van der Waals surface area contributed by atoms with Gasteiger partial charge in [-0.15, -0.1) is 0 Å². The molecular weight excluding hydrogens is 326 g/mol. The van der Waals surface area contributed by atoms with Gasteiger partial charge in [-0.1, -0.05) is 0 Å². The number of halogens is 2. The summed E-state index contributed by atoms with van der Waals surface area (Å²) in [5.74, 6) is -0.685. The molecule has 0 aliphatic heterocycles. The minimum absolute atomic E-state index is 0.124. The van der Waals surface area contributed by atoms with Gasteiger partial charge in [0.25, 0.3) is 0 Å². The first-order chi connectivity index (χ1) is 7.29. The fraction of sp³-hybridized carbons (Fsp3) is 0.400. The Kier molecular flexibility index (Phi) is 4.06. The van der Waals surface area contributed by atoms with E-state index in [0.29, 0.717) is 3.57 Å². The second-order valence-corrected chi connectivity index (χ2v) is 5.24. The fourth-order valence-electron chi connectivity index (χ4n) is 0.908. The largest absolute Gasteiger partial charge is 0.444 e. The summed E-state index contributed by atoms with van der Waals surface area (Å²) in [6.07, 6.45) is 0.693. The molecule has 0 radical (unpaired) electrons. The molecule has 0 fully saturated rings. The zero-order valence-corrected chi connectivity index (χ0v) is 11.3. The highest BCUT2D eigenvalue weighted by atomic mass is 127. The normalized spacial score (nSPS) is 11.1. The molecule has 0 atom stereocenters. The lowest BCUT2D eigenvalue weighted by atomic mass is 10.2. The summed E-state index contributed by atoms with van der Waals surface area (Å²) in [5, 5.41) is 2.26. The number of hydrogen-bond donors (Lipinski definition) is 1. The van der Waals surface area contributed by atoms with E-state index in [0.717, 1.165) is 0 Å². The first-order valence-electron chi connectivity index (χ1n) is 4.59. The Balaban J connectivity index is 2.74. The maximum absolute atomic E-state index is 13.5. The molecule has 0 saturated heterocycles. The van der Waals surface area contributed by atoms with Crippen LogP contribution in [0.15, 0.2) is 12.3 Å². The van der Waals surface area contributed by atoms with E-state index < -0.39 is 17.5 Å². The highest BCUT2D eigenvalue weighted by Gasteiger charge is 2.18. The minimum Gasteiger partial charge on any atom is -0.444 e. The Bertz CT molecular complexity index is 404. The fourth-order valence-corrected chi connectivity index (χ4v) is 1.32. The van der Waals surface area contributed by atoms with Crippen LogP contribution in [0.4, 0.5) is 15.0 Å². The van der Waals surface area contributed by atoms with Gasteiger partial charge in [0.1, 0.15) is 5.60 Å².